The van der Waals surface area contributed by atoms with E-state index in [-0.39, 0.29) is 0 Å². The SMILES string of the molecule is CCc1c(N)noc1CCC(C)C. The van der Waals surface area contributed by atoms with Crippen LogP contribution in [0.4, 0.5) is 5.82 Å². The smallest absolute Gasteiger partial charge is 0.170 e. The van der Waals surface area contributed by atoms with Gasteiger partial charge in [-0.15, -0.1) is 0 Å². The van der Waals surface area contributed by atoms with Gasteiger partial charge in [0.25, 0.3) is 0 Å². The lowest BCUT2D eigenvalue weighted by Gasteiger charge is -2.02. The van der Waals surface area contributed by atoms with Crippen LogP contribution in [0.5, 0.6) is 0 Å². The largest absolute Gasteiger partial charge is 0.381 e. The molecule has 0 aliphatic heterocycles. The number of hydrogen-bond acceptors (Lipinski definition) is 3. The fourth-order valence-electron chi connectivity index (χ4n) is 1.35. The molecule has 0 radical (unpaired) electrons. The fourth-order valence-corrected chi connectivity index (χ4v) is 1.35. The van der Waals surface area contributed by atoms with Crippen molar-refractivity contribution in [2.24, 2.45) is 5.92 Å². The second-order valence-electron chi connectivity index (χ2n) is 3.76. The first kappa shape index (κ1) is 10.1. The summed E-state index contributed by atoms with van der Waals surface area (Å²) in [6.07, 6.45) is 2.98. The van der Waals surface area contributed by atoms with Crippen molar-refractivity contribution in [2.75, 3.05) is 5.73 Å². The van der Waals surface area contributed by atoms with E-state index in [4.69, 9.17) is 10.3 Å². The molecule has 0 aliphatic carbocycles. The van der Waals surface area contributed by atoms with Crippen LogP contribution in [0, 0.1) is 5.92 Å². The standard InChI is InChI=1S/C10H18N2O/c1-4-8-9(6-5-7(2)3)13-12-10(8)11/h7H,4-6H2,1-3H3,(H2,11,12). The summed E-state index contributed by atoms with van der Waals surface area (Å²) < 4.78 is 5.16. The van der Waals surface area contributed by atoms with Crippen molar-refractivity contribution in [1.29, 1.82) is 0 Å². The summed E-state index contributed by atoms with van der Waals surface area (Å²) in [7, 11) is 0. The summed E-state index contributed by atoms with van der Waals surface area (Å²) in [5, 5.41) is 3.77. The van der Waals surface area contributed by atoms with Gasteiger partial charge >= 0.3 is 0 Å². The van der Waals surface area contributed by atoms with Gasteiger partial charge in [0, 0.05) is 12.0 Å². The lowest BCUT2D eigenvalue weighted by Crippen LogP contribution is -1.96. The highest BCUT2D eigenvalue weighted by Crippen LogP contribution is 2.19. The van der Waals surface area contributed by atoms with Crippen LogP contribution in [0.1, 0.15) is 38.5 Å². The molecule has 0 amide bonds. The van der Waals surface area contributed by atoms with Crippen molar-refractivity contribution in [1.82, 2.24) is 5.16 Å². The highest BCUT2D eigenvalue weighted by atomic mass is 16.5. The van der Waals surface area contributed by atoms with Gasteiger partial charge in [-0.1, -0.05) is 25.9 Å². The molecule has 0 atom stereocenters. The Hall–Kier alpha value is -0.990. The maximum absolute atomic E-state index is 5.65. The molecule has 1 rings (SSSR count). The van der Waals surface area contributed by atoms with Crippen LogP contribution in [0.15, 0.2) is 4.52 Å². The summed E-state index contributed by atoms with van der Waals surface area (Å²) in [6.45, 7) is 6.47. The predicted octanol–water partition coefficient (Wildman–Crippen LogP) is 2.41. The Kier molecular flexibility index (Phi) is 3.34. The molecule has 0 aromatic carbocycles. The molecule has 74 valence electrons. The molecule has 0 aliphatic rings. The molecule has 0 fully saturated rings. The third kappa shape index (κ3) is 2.47. The Bertz CT molecular complexity index is 266. The van der Waals surface area contributed by atoms with Gasteiger partial charge in [-0.05, 0) is 18.8 Å². The van der Waals surface area contributed by atoms with E-state index in [1.807, 2.05) is 0 Å². The Balaban J connectivity index is 2.65. The lowest BCUT2D eigenvalue weighted by molar-refractivity contribution is 0.374. The molecular formula is C10H18N2O. The van der Waals surface area contributed by atoms with E-state index in [0.717, 1.165) is 30.6 Å². The highest BCUT2D eigenvalue weighted by Gasteiger charge is 2.11. The van der Waals surface area contributed by atoms with Gasteiger partial charge in [-0.2, -0.15) is 0 Å². The van der Waals surface area contributed by atoms with E-state index >= 15 is 0 Å². The first-order valence-corrected chi connectivity index (χ1v) is 4.88. The first-order valence-electron chi connectivity index (χ1n) is 4.88. The van der Waals surface area contributed by atoms with Crippen molar-refractivity contribution >= 4 is 5.82 Å². The van der Waals surface area contributed by atoms with Crippen LogP contribution < -0.4 is 5.73 Å². The van der Waals surface area contributed by atoms with Gasteiger partial charge in [-0.25, -0.2) is 0 Å². The molecule has 2 N–H and O–H groups in total. The summed E-state index contributed by atoms with van der Waals surface area (Å²) in [6, 6.07) is 0. The quantitative estimate of drug-likeness (QED) is 0.778. The number of aromatic nitrogens is 1. The number of nitrogens with two attached hydrogens (primary N) is 1. The van der Waals surface area contributed by atoms with Gasteiger partial charge in [0.15, 0.2) is 5.82 Å². The Morgan fingerprint density at radius 3 is 2.69 bits per heavy atom. The first-order chi connectivity index (χ1) is 6.15. The number of nitrogens with zero attached hydrogens (tertiary/aromatic N) is 1. The van der Waals surface area contributed by atoms with Crippen LogP contribution in [0.3, 0.4) is 0 Å². The number of rotatable bonds is 4. The van der Waals surface area contributed by atoms with Crippen LogP contribution in [0.2, 0.25) is 0 Å². The van der Waals surface area contributed by atoms with Gasteiger partial charge in [-0.3, -0.25) is 0 Å². The molecular weight excluding hydrogens is 164 g/mol. The average Bonchev–Trinajstić information content (AvgIpc) is 2.42. The second-order valence-corrected chi connectivity index (χ2v) is 3.76. The van der Waals surface area contributed by atoms with Gasteiger partial charge in [0.05, 0.1) is 0 Å². The van der Waals surface area contributed by atoms with Crippen molar-refractivity contribution in [3.05, 3.63) is 11.3 Å². The molecule has 1 heterocycles. The average molecular weight is 182 g/mol. The van der Waals surface area contributed by atoms with Crippen molar-refractivity contribution < 1.29 is 4.52 Å². The van der Waals surface area contributed by atoms with Gasteiger partial charge in [0.2, 0.25) is 0 Å². The van der Waals surface area contributed by atoms with E-state index in [9.17, 15) is 0 Å². The zero-order chi connectivity index (χ0) is 9.84. The van der Waals surface area contributed by atoms with Crippen molar-refractivity contribution in [3.8, 4) is 0 Å². The molecule has 1 aromatic heterocycles. The van der Waals surface area contributed by atoms with E-state index in [0.29, 0.717) is 11.7 Å². The monoisotopic (exact) mass is 182 g/mol. The van der Waals surface area contributed by atoms with E-state index in [2.05, 4.69) is 25.9 Å². The van der Waals surface area contributed by atoms with Crippen molar-refractivity contribution in [2.45, 2.75) is 40.0 Å². The summed E-state index contributed by atoms with van der Waals surface area (Å²) in [5.74, 6) is 2.21. The predicted molar refractivity (Wildman–Crippen MR) is 53.5 cm³/mol. The topological polar surface area (TPSA) is 52.0 Å². The molecule has 13 heavy (non-hydrogen) atoms. The highest BCUT2D eigenvalue weighted by molar-refractivity contribution is 5.40. The van der Waals surface area contributed by atoms with Crippen LogP contribution in [-0.4, -0.2) is 5.16 Å². The Morgan fingerprint density at radius 1 is 1.46 bits per heavy atom. The maximum atomic E-state index is 5.65. The molecule has 3 nitrogen and oxygen atoms in total. The minimum absolute atomic E-state index is 0.557. The molecule has 0 saturated heterocycles. The zero-order valence-electron chi connectivity index (χ0n) is 8.63. The van der Waals surface area contributed by atoms with Crippen LogP contribution in [-0.2, 0) is 12.8 Å². The van der Waals surface area contributed by atoms with Gasteiger partial charge < -0.3 is 10.3 Å². The number of anilines is 1. The fraction of sp³-hybridized carbons (Fsp3) is 0.700. The van der Waals surface area contributed by atoms with Gasteiger partial charge in [0.1, 0.15) is 5.76 Å². The minimum Gasteiger partial charge on any atom is -0.381 e. The minimum atomic E-state index is 0.557. The maximum Gasteiger partial charge on any atom is 0.170 e. The molecule has 0 bridgehead atoms. The number of hydrogen-bond donors (Lipinski definition) is 1. The lowest BCUT2D eigenvalue weighted by atomic mass is 10.0. The Morgan fingerprint density at radius 2 is 2.15 bits per heavy atom. The molecule has 0 unspecified atom stereocenters. The normalized spacial score (nSPS) is 11.1. The molecule has 3 heteroatoms. The second kappa shape index (κ2) is 4.30. The van der Waals surface area contributed by atoms with E-state index < -0.39 is 0 Å². The summed E-state index contributed by atoms with van der Waals surface area (Å²) in [4.78, 5) is 0. The Labute approximate surface area is 79.3 Å². The number of nitrogen functional groups attached to an aromatic ring is 1. The summed E-state index contributed by atoms with van der Waals surface area (Å²) in [5.41, 5.74) is 6.74. The van der Waals surface area contributed by atoms with Crippen LogP contribution >= 0.6 is 0 Å². The van der Waals surface area contributed by atoms with E-state index in [1.165, 1.54) is 0 Å². The molecule has 1 aromatic rings. The third-order valence-corrected chi connectivity index (χ3v) is 2.20. The summed E-state index contributed by atoms with van der Waals surface area (Å²) >= 11 is 0. The molecule has 0 spiro atoms. The van der Waals surface area contributed by atoms with Crippen LogP contribution in [0.25, 0.3) is 0 Å². The zero-order valence-corrected chi connectivity index (χ0v) is 8.63. The van der Waals surface area contributed by atoms with Crippen molar-refractivity contribution in [3.63, 3.8) is 0 Å². The van der Waals surface area contributed by atoms with E-state index in [1.54, 1.807) is 0 Å². The third-order valence-electron chi connectivity index (χ3n) is 2.20. The molecule has 0 saturated carbocycles. The number of aryl methyl sites for hydroxylation is 1.